The fraction of sp³-hybridized carbons (Fsp3) is 1.00. The van der Waals surface area contributed by atoms with Gasteiger partial charge < -0.3 is 5.32 Å². The molecule has 0 spiro atoms. The van der Waals surface area contributed by atoms with Gasteiger partial charge in [0.2, 0.25) is 0 Å². The molecule has 0 aromatic carbocycles. The Morgan fingerprint density at radius 2 is 1.44 bits per heavy atom. The van der Waals surface area contributed by atoms with Gasteiger partial charge in [-0.1, -0.05) is 0 Å². The molecule has 0 aliphatic carbocycles. The summed E-state index contributed by atoms with van der Waals surface area (Å²) in [7, 11) is 0. The maximum absolute atomic E-state index is 5.66. The van der Waals surface area contributed by atoms with E-state index in [1.54, 1.807) is 0 Å². The molecular weight excluding hydrogens is 157 g/mol. The van der Waals surface area contributed by atoms with Crippen LogP contribution >= 0.6 is 23.2 Å². The standard InChI is InChI=1S/C6H13Cl2N/c1-5(7)3-9-4-6(2)8/h5-6,9H,3-4H2,1-2H3. The Balaban J connectivity index is 2.91. The van der Waals surface area contributed by atoms with E-state index >= 15 is 0 Å². The van der Waals surface area contributed by atoms with Crippen molar-refractivity contribution in [3.63, 3.8) is 0 Å². The molecule has 2 unspecified atom stereocenters. The van der Waals surface area contributed by atoms with E-state index in [1.165, 1.54) is 0 Å². The van der Waals surface area contributed by atoms with Gasteiger partial charge in [0.15, 0.2) is 0 Å². The van der Waals surface area contributed by atoms with Crippen LogP contribution in [0.25, 0.3) is 0 Å². The zero-order chi connectivity index (χ0) is 7.28. The second kappa shape index (κ2) is 5.33. The molecule has 0 amide bonds. The van der Waals surface area contributed by atoms with Crippen molar-refractivity contribution < 1.29 is 0 Å². The van der Waals surface area contributed by atoms with Gasteiger partial charge in [0, 0.05) is 23.8 Å². The first-order valence-electron chi connectivity index (χ1n) is 3.11. The summed E-state index contributed by atoms with van der Waals surface area (Å²) < 4.78 is 0. The second-order valence-electron chi connectivity index (χ2n) is 2.22. The fourth-order valence-corrected chi connectivity index (χ4v) is 0.699. The maximum atomic E-state index is 5.66. The Kier molecular flexibility index (Phi) is 5.65. The van der Waals surface area contributed by atoms with Crippen LogP contribution in [0, 0.1) is 0 Å². The fourth-order valence-electron chi connectivity index (χ4n) is 0.481. The molecule has 0 rings (SSSR count). The summed E-state index contributed by atoms with van der Waals surface area (Å²) in [4.78, 5) is 0. The minimum Gasteiger partial charge on any atom is -0.314 e. The lowest BCUT2D eigenvalue weighted by Gasteiger charge is -2.06. The van der Waals surface area contributed by atoms with Crippen molar-refractivity contribution in [3.05, 3.63) is 0 Å². The highest BCUT2D eigenvalue weighted by Gasteiger charge is 1.96. The van der Waals surface area contributed by atoms with Crippen LogP contribution in [0.2, 0.25) is 0 Å². The first-order valence-corrected chi connectivity index (χ1v) is 3.99. The predicted octanol–water partition coefficient (Wildman–Crippen LogP) is 1.83. The highest BCUT2D eigenvalue weighted by molar-refractivity contribution is 6.21. The molecule has 0 heterocycles. The molecule has 0 aliphatic rings. The van der Waals surface area contributed by atoms with Gasteiger partial charge in [-0.05, 0) is 13.8 Å². The summed E-state index contributed by atoms with van der Waals surface area (Å²) in [5.41, 5.74) is 0. The van der Waals surface area contributed by atoms with Gasteiger partial charge in [0.1, 0.15) is 0 Å². The average Bonchev–Trinajstić information content (AvgIpc) is 1.63. The first-order chi connectivity index (χ1) is 4.13. The van der Waals surface area contributed by atoms with Gasteiger partial charge in [0.25, 0.3) is 0 Å². The second-order valence-corrected chi connectivity index (χ2v) is 3.71. The van der Waals surface area contributed by atoms with Gasteiger partial charge in [-0.25, -0.2) is 0 Å². The van der Waals surface area contributed by atoms with Gasteiger partial charge in [-0.15, -0.1) is 23.2 Å². The molecule has 0 saturated carbocycles. The molecule has 1 N–H and O–H groups in total. The van der Waals surface area contributed by atoms with Crippen molar-refractivity contribution in [2.45, 2.75) is 24.6 Å². The van der Waals surface area contributed by atoms with Crippen LogP contribution in [0.15, 0.2) is 0 Å². The summed E-state index contributed by atoms with van der Waals surface area (Å²) in [6.45, 7) is 5.57. The molecule has 0 radical (unpaired) electrons. The smallest absolute Gasteiger partial charge is 0.0432 e. The molecule has 0 aromatic heterocycles. The predicted molar refractivity (Wildman–Crippen MR) is 43.5 cm³/mol. The quantitative estimate of drug-likeness (QED) is 0.634. The molecule has 0 saturated heterocycles. The lowest BCUT2D eigenvalue weighted by Crippen LogP contribution is -2.26. The normalized spacial score (nSPS) is 17.3. The lowest BCUT2D eigenvalue weighted by molar-refractivity contribution is 0.669. The number of hydrogen-bond acceptors (Lipinski definition) is 1. The van der Waals surface area contributed by atoms with E-state index < -0.39 is 0 Å². The zero-order valence-electron chi connectivity index (χ0n) is 5.82. The van der Waals surface area contributed by atoms with Crippen molar-refractivity contribution in [1.29, 1.82) is 0 Å². The minimum absolute atomic E-state index is 0.195. The Hall–Kier alpha value is 0.540. The van der Waals surface area contributed by atoms with Crippen molar-refractivity contribution in [2.75, 3.05) is 13.1 Å². The monoisotopic (exact) mass is 169 g/mol. The van der Waals surface area contributed by atoms with Gasteiger partial charge in [-0.2, -0.15) is 0 Å². The first kappa shape index (κ1) is 9.54. The van der Waals surface area contributed by atoms with Crippen molar-refractivity contribution in [1.82, 2.24) is 5.32 Å². The van der Waals surface area contributed by atoms with Crippen LogP contribution in [0.5, 0.6) is 0 Å². The number of rotatable bonds is 4. The molecule has 0 aliphatic heterocycles. The third kappa shape index (κ3) is 8.54. The van der Waals surface area contributed by atoms with E-state index in [9.17, 15) is 0 Å². The van der Waals surface area contributed by atoms with E-state index in [-0.39, 0.29) is 10.8 Å². The van der Waals surface area contributed by atoms with E-state index in [1.807, 2.05) is 13.8 Å². The maximum Gasteiger partial charge on any atom is 0.0432 e. The topological polar surface area (TPSA) is 12.0 Å². The highest BCUT2D eigenvalue weighted by atomic mass is 35.5. The van der Waals surface area contributed by atoms with Crippen molar-refractivity contribution >= 4 is 23.2 Å². The van der Waals surface area contributed by atoms with Gasteiger partial charge in [-0.3, -0.25) is 0 Å². The number of hydrogen-bond donors (Lipinski definition) is 1. The van der Waals surface area contributed by atoms with E-state index in [0.717, 1.165) is 13.1 Å². The molecule has 9 heavy (non-hydrogen) atoms. The third-order valence-electron chi connectivity index (χ3n) is 0.851. The van der Waals surface area contributed by atoms with Gasteiger partial charge >= 0.3 is 0 Å². The molecule has 0 bridgehead atoms. The Bertz CT molecular complexity index is 56.1. The highest BCUT2D eigenvalue weighted by Crippen LogP contribution is 1.92. The molecular formula is C6H13Cl2N. The van der Waals surface area contributed by atoms with Crippen LogP contribution in [-0.2, 0) is 0 Å². The van der Waals surface area contributed by atoms with Crippen LogP contribution in [0.1, 0.15) is 13.8 Å². The van der Waals surface area contributed by atoms with Crippen LogP contribution < -0.4 is 5.32 Å². The number of halogens is 2. The average molecular weight is 170 g/mol. The largest absolute Gasteiger partial charge is 0.314 e. The molecule has 3 heteroatoms. The summed E-state index contributed by atoms with van der Waals surface area (Å²) in [6.07, 6.45) is 0. The molecule has 1 nitrogen and oxygen atoms in total. The number of nitrogens with one attached hydrogen (secondary N) is 1. The molecule has 2 atom stereocenters. The van der Waals surface area contributed by atoms with Gasteiger partial charge in [0.05, 0.1) is 0 Å². The van der Waals surface area contributed by atoms with E-state index in [0.29, 0.717) is 0 Å². The molecule has 0 aromatic rings. The van der Waals surface area contributed by atoms with E-state index in [2.05, 4.69) is 5.32 Å². The molecule has 0 fully saturated rings. The lowest BCUT2D eigenvalue weighted by atomic mass is 10.4. The molecule has 56 valence electrons. The van der Waals surface area contributed by atoms with Crippen molar-refractivity contribution in [3.8, 4) is 0 Å². The Labute approximate surface area is 66.7 Å². The zero-order valence-corrected chi connectivity index (χ0v) is 7.34. The van der Waals surface area contributed by atoms with Crippen LogP contribution in [0.4, 0.5) is 0 Å². The van der Waals surface area contributed by atoms with Crippen molar-refractivity contribution in [2.24, 2.45) is 0 Å². The van der Waals surface area contributed by atoms with Crippen LogP contribution in [0.3, 0.4) is 0 Å². The summed E-state index contributed by atoms with van der Waals surface area (Å²) >= 11 is 11.3. The number of alkyl halides is 2. The summed E-state index contributed by atoms with van der Waals surface area (Å²) in [5, 5.41) is 3.51. The Morgan fingerprint density at radius 1 is 1.11 bits per heavy atom. The van der Waals surface area contributed by atoms with Crippen LogP contribution in [-0.4, -0.2) is 23.8 Å². The third-order valence-corrected chi connectivity index (χ3v) is 1.16. The SMILES string of the molecule is CC(Cl)CNCC(C)Cl. The minimum atomic E-state index is 0.195. The Morgan fingerprint density at radius 3 is 1.67 bits per heavy atom. The van der Waals surface area contributed by atoms with E-state index in [4.69, 9.17) is 23.2 Å². The summed E-state index contributed by atoms with van der Waals surface area (Å²) in [5.74, 6) is 0. The summed E-state index contributed by atoms with van der Waals surface area (Å²) in [6, 6.07) is 0.